The highest BCUT2D eigenvalue weighted by atomic mass is 19.4. The zero-order chi connectivity index (χ0) is 19.0. The molecular weight excluding hydrogens is 355 g/mol. The van der Waals surface area contributed by atoms with Gasteiger partial charge in [0.05, 0.1) is 23.8 Å². The molecule has 2 heterocycles. The maximum Gasteiger partial charge on any atom is 0.417 e. The van der Waals surface area contributed by atoms with Crippen LogP contribution < -0.4 is 4.74 Å². The van der Waals surface area contributed by atoms with Crippen molar-refractivity contribution in [2.45, 2.75) is 6.18 Å². The molecule has 0 aliphatic carbocycles. The number of rotatable bonds is 3. The number of H-pyrrole nitrogens is 1. The number of hydrogen-bond donors (Lipinski definition) is 1. The topological polar surface area (TPSA) is 50.8 Å². The van der Waals surface area contributed by atoms with Gasteiger partial charge >= 0.3 is 6.18 Å². The van der Waals surface area contributed by atoms with Crippen molar-refractivity contribution in [2.75, 3.05) is 7.11 Å². The van der Waals surface area contributed by atoms with Crippen LogP contribution in [0.3, 0.4) is 0 Å². The fraction of sp³-hybridized carbons (Fsp3) is 0.100. The number of aromatic amines is 1. The first kappa shape index (κ1) is 17.1. The molecule has 0 atom stereocenters. The lowest BCUT2D eigenvalue weighted by Crippen LogP contribution is -2.06. The van der Waals surface area contributed by atoms with Gasteiger partial charge in [-0.15, -0.1) is 0 Å². The van der Waals surface area contributed by atoms with Gasteiger partial charge in [0.15, 0.2) is 5.65 Å². The second-order valence-electron chi connectivity index (χ2n) is 5.96. The van der Waals surface area contributed by atoms with Crippen molar-refractivity contribution >= 4 is 11.0 Å². The van der Waals surface area contributed by atoms with E-state index in [2.05, 4.69) is 15.2 Å². The van der Waals surface area contributed by atoms with E-state index in [1.165, 1.54) is 0 Å². The molecule has 7 heteroatoms. The Morgan fingerprint density at radius 2 is 1.67 bits per heavy atom. The number of aromatic nitrogens is 3. The first-order chi connectivity index (χ1) is 13.0. The van der Waals surface area contributed by atoms with E-state index in [4.69, 9.17) is 4.74 Å². The Morgan fingerprint density at radius 1 is 0.926 bits per heavy atom. The van der Waals surface area contributed by atoms with E-state index in [0.717, 1.165) is 29.1 Å². The number of nitrogens with one attached hydrogen (secondary N) is 1. The molecule has 0 spiro atoms. The molecule has 0 saturated heterocycles. The number of alkyl halides is 3. The van der Waals surface area contributed by atoms with Crippen molar-refractivity contribution in [3.8, 4) is 28.1 Å². The molecule has 2 aromatic heterocycles. The van der Waals surface area contributed by atoms with E-state index in [-0.39, 0.29) is 11.0 Å². The average molecular weight is 369 g/mol. The zero-order valence-electron chi connectivity index (χ0n) is 14.2. The summed E-state index contributed by atoms with van der Waals surface area (Å²) in [5.41, 5.74) is 1.97. The quantitative estimate of drug-likeness (QED) is 0.532. The predicted octanol–water partition coefficient (Wildman–Crippen LogP) is 5.32. The Hall–Kier alpha value is -3.35. The van der Waals surface area contributed by atoms with Crippen LogP contribution in [0.2, 0.25) is 0 Å². The highest BCUT2D eigenvalue weighted by Crippen LogP contribution is 2.38. The first-order valence-corrected chi connectivity index (χ1v) is 8.12. The van der Waals surface area contributed by atoms with Crippen LogP contribution in [0.15, 0.2) is 60.8 Å². The summed E-state index contributed by atoms with van der Waals surface area (Å²) < 4.78 is 45.4. The van der Waals surface area contributed by atoms with Crippen LogP contribution in [-0.2, 0) is 6.18 Å². The molecule has 136 valence electrons. The molecule has 0 bridgehead atoms. The Labute approximate surface area is 152 Å². The minimum Gasteiger partial charge on any atom is -0.497 e. The summed E-state index contributed by atoms with van der Waals surface area (Å²) >= 11 is 0. The van der Waals surface area contributed by atoms with Crippen LogP contribution in [0.4, 0.5) is 13.2 Å². The number of halogens is 3. The van der Waals surface area contributed by atoms with E-state index in [1.807, 2.05) is 36.4 Å². The van der Waals surface area contributed by atoms with Crippen molar-refractivity contribution in [2.24, 2.45) is 0 Å². The van der Waals surface area contributed by atoms with Crippen LogP contribution in [-0.4, -0.2) is 22.3 Å². The summed E-state index contributed by atoms with van der Waals surface area (Å²) in [6.45, 7) is 0. The maximum atomic E-state index is 13.4. The Balaban J connectivity index is 1.85. The highest BCUT2D eigenvalue weighted by Gasteiger charge is 2.34. The summed E-state index contributed by atoms with van der Waals surface area (Å²) in [7, 11) is 1.59. The Bertz CT molecular complexity index is 1100. The van der Waals surface area contributed by atoms with Crippen molar-refractivity contribution in [1.29, 1.82) is 0 Å². The van der Waals surface area contributed by atoms with Gasteiger partial charge in [0, 0.05) is 11.8 Å². The smallest absolute Gasteiger partial charge is 0.417 e. The molecule has 4 aromatic rings. The average Bonchev–Trinajstić information content (AvgIpc) is 3.11. The van der Waals surface area contributed by atoms with Crippen LogP contribution in [0.5, 0.6) is 5.75 Å². The molecule has 27 heavy (non-hydrogen) atoms. The van der Waals surface area contributed by atoms with Crippen LogP contribution in [0.1, 0.15) is 5.56 Å². The minimum absolute atomic E-state index is 0.0307. The molecule has 4 nitrogen and oxygen atoms in total. The highest BCUT2D eigenvalue weighted by molar-refractivity contribution is 5.94. The summed E-state index contributed by atoms with van der Waals surface area (Å²) in [6, 6.07) is 15.7. The number of hydrogen-bond acceptors (Lipinski definition) is 3. The van der Waals surface area contributed by atoms with Gasteiger partial charge in [-0.1, -0.05) is 30.3 Å². The molecule has 0 unspecified atom stereocenters. The van der Waals surface area contributed by atoms with Gasteiger partial charge in [0.25, 0.3) is 0 Å². The monoisotopic (exact) mass is 369 g/mol. The number of fused-ring (bicyclic) bond motifs is 1. The third-order valence-electron chi connectivity index (χ3n) is 4.33. The Kier molecular flexibility index (Phi) is 4.07. The standard InChI is InChI=1S/C20H14F3N3O/c1-27-15-7-5-12(6-8-15)13-3-2-4-14(11-13)18-17-16(20(21,22)23)9-10-24-19(17)26-25-18/h2-11H,1H3,(H,24,25,26). The molecule has 0 aliphatic heterocycles. The normalized spacial score (nSPS) is 11.7. The first-order valence-electron chi connectivity index (χ1n) is 8.12. The van der Waals surface area contributed by atoms with Crippen molar-refractivity contribution in [1.82, 2.24) is 15.2 Å². The van der Waals surface area contributed by atoms with Crippen LogP contribution in [0.25, 0.3) is 33.4 Å². The van der Waals surface area contributed by atoms with Gasteiger partial charge in [-0.05, 0) is 35.4 Å². The van der Waals surface area contributed by atoms with E-state index in [0.29, 0.717) is 11.3 Å². The van der Waals surface area contributed by atoms with Gasteiger partial charge in [0.1, 0.15) is 5.75 Å². The van der Waals surface area contributed by atoms with Gasteiger partial charge in [0.2, 0.25) is 0 Å². The number of nitrogens with zero attached hydrogens (tertiary/aromatic N) is 2. The third kappa shape index (κ3) is 3.12. The lowest BCUT2D eigenvalue weighted by molar-refractivity contribution is -0.136. The molecule has 2 aromatic carbocycles. The van der Waals surface area contributed by atoms with Crippen LogP contribution in [0, 0.1) is 0 Å². The van der Waals surface area contributed by atoms with Gasteiger partial charge in [-0.3, -0.25) is 5.10 Å². The summed E-state index contributed by atoms with van der Waals surface area (Å²) in [5, 5.41) is 6.62. The predicted molar refractivity (Wildman–Crippen MR) is 96.3 cm³/mol. The molecule has 4 rings (SSSR count). The summed E-state index contributed by atoms with van der Waals surface area (Å²) in [4.78, 5) is 3.94. The number of ether oxygens (including phenoxy) is 1. The number of benzene rings is 2. The largest absolute Gasteiger partial charge is 0.497 e. The molecular formula is C20H14F3N3O. The van der Waals surface area contributed by atoms with Crippen LogP contribution >= 0.6 is 0 Å². The SMILES string of the molecule is COc1ccc(-c2cccc(-c3[nH]nc4nccc(C(F)(F)F)c34)c2)cc1. The number of methoxy groups -OCH3 is 1. The van der Waals surface area contributed by atoms with Crippen molar-refractivity contribution < 1.29 is 17.9 Å². The van der Waals surface area contributed by atoms with E-state index in [9.17, 15) is 13.2 Å². The minimum atomic E-state index is -4.49. The number of pyridine rings is 1. The molecule has 0 radical (unpaired) electrons. The second kappa shape index (κ2) is 6.42. The maximum absolute atomic E-state index is 13.4. The lowest BCUT2D eigenvalue weighted by Gasteiger charge is -2.10. The van der Waals surface area contributed by atoms with E-state index >= 15 is 0 Å². The summed E-state index contributed by atoms with van der Waals surface area (Å²) in [5.74, 6) is 0.732. The molecule has 0 saturated carbocycles. The fourth-order valence-electron chi connectivity index (χ4n) is 3.03. The fourth-order valence-corrected chi connectivity index (χ4v) is 3.03. The molecule has 0 amide bonds. The zero-order valence-corrected chi connectivity index (χ0v) is 14.2. The van der Waals surface area contributed by atoms with E-state index < -0.39 is 11.7 Å². The molecule has 1 N–H and O–H groups in total. The van der Waals surface area contributed by atoms with Gasteiger partial charge in [-0.2, -0.15) is 18.3 Å². The van der Waals surface area contributed by atoms with Gasteiger partial charge in [-0.25, -0.2) is 4.98 Å². The van der Waals surface area contributed by atoms with Crippen molar-refractivity contribution in [3.05, 3.63) is 66.4 Å². The Morgan fingerprint density at radius 3 is 2.37 bits per heavy atom. The molecule has 0 aliphatic rings. The second-order valence-corrected chi connectivity index (χ2v) is 5.96. The van der Waals surface area contributed by atoms with Gasteiger partial charge < -0.3 is 4.74 Å². The van der Waals surface area contributed by atoms with E-state index in [1.54, 1.807) is 19.2 Å². The van der Waals surface area contributed by atoms with Crippen molar-refractivity contribution in [3.63, 3.8) is 0 Å². The summed E-state index contributed by atoms with van der Waals surface area (Å²) in [6.07, 6.45) is -3.38. The third-order valence-corrected chi connectivity index (χ3v) is 4.33. The lowest BCUT2D eigenvalue weighted by atomic mass is 9.99. The molecule has 0 fully saturated rings.